The summed E-state index contributed by atoms with van der Waals surface area (Å²) in [5.74, 6) is -3.05. The van der Waals surface area contributed by atoms with Crippen molar-refractivity contribution in [1.82, 2.24) is 19.9 Å². The Hall–Kier alpha value is -7.00. The molecular formula is C68H78Br4N8O8. The molecule has 466 valence electrons. The van der Waals surface area contributed by atoms with Gasteiger partial charge < -0.3 is 98.3 Å². The van der Waals surface area contributed by atoms with E-state index < -0.39 is 23.9 Å². The molecule has 0 aliphatic carbocycles. The van der Waals surface area contributed by atoms with Crippen LogP contribution in [0.15, 0.2) is 122 Å². The quantitative estimate of drug-likeness (QED) is 0.0255. The van der Waals surface area contributed by atoms with Crippen LogP contribution in [-0.2, 0) is 45.4 Å². The summed E-state index contributed by atoms with van der Waals surface area (Å²) in [6.45, 7) is 3.07. The monoisotopic (exact) mass is 1450 g/mol. The lowest BCUT2D eigenvalue weighted by Crippen LogP contribution is -3.00. The Kier molecular flexibility index (Phi) is 29.7. The van der Waals surface area contributed by atoms with Crippen molar-refractivity contribution in [1.29, 1.82) is 0 Å². The number of fused-ring (bicyclic) bond motifs is 8. The lowest BCUT2D eigenvalue weighted by molar-refractivity contribution is -0.697. The number of aromatic nitrogens is 8. The second-order valence-corrected chi connectivity index (χ2v) is 22.1. The Morgan fingerprint density at radius 3 is 0.841 bits per heavy atom. The van der Waals surface area contributed by atoms with Crippen LogP contribution >= 0.6 is 0 Å². The van der Waals surface area contributed by atoms with Crippen molar-refractivity contribution in [2.75, 3.05) is 0 Å². The number of carbonyl (C=O) groups is 4. The number of pyridine rings is 4. The number of nitrogens with zero attached hydrogens (tertiary/aromatic N) is 6. The van der Waals surface area contributed by atoms with E-state index in [1.54, 1.807) is 0 Å². The fourth-order valence-electron chi connectivity index (χ4n) is 11.4. The number of halogens is 4. The molecule has 0 amide bonds. The number of hydrogen-bond acceptors (Lipinski definition) is 6. The fourth-order valence-corrected chi connectivity index (χ4v) is 11.4. The number of aryl methyl sites for hydroxylation is 4. The summed E-state index contributed by atoms with van der Waals surface area (Å²) < 4.78 is 8.81. The predicted octanol–water partition coefficient (Wildman–Crippen LogP) is 0.630. The first-order valence-corrected chi connectivity index (χ1v) is 30.0. The van der Waals surface area contributed by atoms with Gasteiger partial charge in [-0.3, -0.25) is 19.2 Å². The minimum Gasteiger partial charge on any atom is -1.00 e. The van der Waals surface area contributed by atoms with Gasteiger partial charge in [-0.2, -0.15) is 0 Å². The van der Waals surface area contributed by atoms with E-state index in [4.69, 9.17) is 9.97 Å². The maximum atomic E-state index is 11.2. The van der Waals surface area contributed by atoms with Gasteiger partial charge in [0.1, 0.15) is 26.2 Å². The lowest BCUT2D eigenvalue weighted by Gasteiger charge is -2.07. The highest BCUT2D eigenvalue weighted by molar-refractivity contribution is 5.99. The summed E-state index contributed by atoms with van der Waals surface area (Å²) in [4.78, 5) is 63.7. The van der Waals surface area contributed by atoms with Gasteiger partial charge >= 0.3 is 23.9 Å². The van der Waals surface area contributed by atoms with Gasteiger partial charge in [0.25, 0.3) is 0 Å². The third kappa shape index (κ3) is 20.5. The molecule has 0 spiro atoms. The van der Waals surface area contributed by atoms with Crippen LogP contribution in [0.3, 0.4) is 0 Å². The summed E-state index contributed by atoms with van der Waals surface area (Å²) in [6.07, 6.45) is 39.5. The first-order chi connectivity index (χ1) is 40.9. The zero-order valence-electron chi connectivity index (χ0n) is 49.4. The Bertz CT molecular complexity index is 3570. The normalized spacial score (nSPS) is 11.3. The molecular weight excluding hydrogens is 1380 g/mol. The third-order valence-electron chi connectivity index (χ3n) is 15.6. The number of nitrogens with one attached hydrogen (secondary N) is 2. The SMILES string of the molecule is O=C(O)CCCCCC[n+]1cccc(-c2c3nc(c(-c4ccc[n+](CCCCCCC(=O)O)c4)c4ccc([nH]4)c(-c4ccc[n+](CCCCCCC(=O)O)c4)c4ccc([nH]4)c(-c4ccc[n+](CCCCCCC(=O)O)c4)c4nc2C=C4)C=C3)c1.[Br-].[Br-].[Br-].[Br-]. The van der Waals surface area contributed by atoms with Gasteiger partial charge in [-0.25, -0.2) is 28.2 Å². The van der Waals surface area contributed by atoms with Crippen molar-refractivity contribution in [2.45, 2.75) is 155 Å². The fraction of sp³-hybridized carbons (Fsp3) is 0.353. The van der Waals surface area contributed by atoms with E-state index in [0.717, 1.165) is 193 Å². The van der Waals surface area contributed by atoms with Crippen LogP contribution in [0.5, 0.6) is 0 Å². The van der Waals surface area contributed by atoms with Crippen LogP contribution in [0.4, 0.5) is 0 Å². The summed E-state index contributed by atoms with van der Waals surface area (Å²) in [5, 5.41) is 36.8. The van der Waals surface area contributed by atoms with E-state index in [0.29, 0.717) is 25.7 Å². The molecule has 9 heterocycles. The Morgan fingerprint density at radius 1 is 0.318 bits per heavy atom. The molecule has 2 aliphatic heterocycles. The Labute approximate surface area is 556 Å². The second kappa shape index (κ2) is 36.5. The zero-order valence-corrected chi connectivity index (χ0v) is 55.8. The molecule has 2 aliphatic rings. The summed E-state index contributed by atoms with van der Waals surface area (Å²) >= 11 is 0. The molecule has 6 N–H and O–H groups in total. The molecule has 8 bridgehead atoms. The van der Waals surface area contributed by atoms with Gasteiger partial charge in [0.2, 0.25) is 0 Å². The van der Waals surface area contributed by atoms with Crippen LogP contribution in [0.1, 0.15) is 151 Å². The number of unbranched alkanes of at least 4 members (excludes halogenated alkanes) is 12. The Balaban J connectivity index is 0.00000353. The van der Waals surface area contributed by atoms with Gasteiger partial charge in [0.05, 0.1) is 28.3 Å². The van der Waals surface area contributed by atoms with Crippen LogP contribution in [-0.4, -0.2) is 64.2 Å². The van der Waals surface area contributed by atoms with Crippen LogP contribution < -0.4 is 86.2 Å². The number of aromatic amines is 2. The number of hydrogen-bond donors (Lipinski definition) is 6. The molecule has 0 unspecified atom stereocenters. The summed E-state index contributed by atoms with van der Waals surface area (Å²) in [5.41, 5.74) is 14.2. The summed E-state index contributed by atoms with van der Waals surface area (Å²) in [6, 6.07) is 25.3. The van der Waals surface area contributed by atoms with Gasteiger partial charge in [0, 0.05) is 137 Å². The van der Waals surface area contributed by atoms with E-state index >= 15 is 0 Å². The van der Waals surface area contributed by atoms with Crippen LogP contribution in [0.2, 0.25) is 0 Å². The van der Waals surface area contributed by atoms with E-state index in [1.807, 2.05) is 0 Å². The zero-order chi connectivity index (χ0) is 58.6. The first-order valence-electron chi connectivity index (χ1n) is 30.0. The molecule has 0 radical (unpaired) electrons. The van der Waals surface area contributed by atoms with E-state index in [2.05, 4.69) is 175 Å². The second-order valence-electron chi connectivity index (χ2n) is 22.1. The number of rotatable bonds is 32. The number of aliphatic carboxylic acids is 4. The average Bonchev–Trinajstić information content (AvgIpc) is 3.02. The smallest absolute Gasteiger partial charge is 0.303 e. The molecule has 7 aromatic rings. The van der Waals surface area contributed by atoms with Gasteiger partial charge in [-0.1, -0.05) is 25.7 Å². The average molecular weight is 1460 g/mol. The molecule has 0 saturated heterocycles. The molecule has 9 rings (SSSR count). The molecule has 0 fully saturated rings. The van der Waals surface area contributed by atoms with Crippen molar-refractivity contribution in [2.24, 2.45) is 0 Å². The first kappa shape index (κ1) is 71.8. The van der Waals surface area contributed by atoms with Gasteiger partial charge in [0.15, 0.2) is 49.6 Å². The lowest BCUT2D eigenvalue weighted by atomic mass is 10.0. The number of H-pyrrole nitrogens is 2. The molecule has 20 heteroatoms. The molecule has 7 aromatic heterocycles. The predicted molar refractivity (Wildman–Crippen MR) is 324 cm³/mol. The van der Waals surface area contributed by atoms with Crippen molar-refractivity contribution in [3.63, 3.8) is 0 Å². The van der Waals surface area contributed by atoms with Gasteiger partial charge in [-0.05, 0) is 124 Å². The summed E-state index contributed by atoms with van der Waals surface area (Å²) in [7, 11) is 0. The number of carboxylic acids is 4. The maximum Gasteiger partial charge on any atom is 0.303 e. The molecule has 16 nitrogen and oxygen atoms in total. The van der Waals surface area contributed by atoms with Gasteiger partial charge in [-0.15, -0.1) is 0 Å². The Morgan fingerprint density at radius 2 is 0.557 bits per heavy atom. The molecule has 0 saturated carbocycles. The highest BCUT2D eigenvalue weighted by atomic mass is 79.9. The van der Waals surface area contributed by atoms with Crippen molar-refractivity contribution in [3.05, 3.63) is 145 Å². The minimum absolute atomic E-state index is 0. The maximum absolute atomic E-state index is 11.2. The highest BCUT2D eigenvalue weighted by Crippen LogP contribution is 2.38. The van der Waals surface area contributed by atoms with E-state index in [-0.39, 0.29) is 93.6 Å². The van der Waals surface area contributed by atoms with Crippen molar-refractivity contribution in [3.8, 4) is 44.5 Å². The molecule has 0 atom stereocenters. The van der Waals surface area contributed by atoms with Crippen LogP contribution in [0.25, 0.3) is 90.9 Å². The highest BCUT2D eigenvalue weighted by Gasteiger charge is 2.23. The standard InChI is InChI=1S/C68H74N8O8.4BrH/c77-61(78)25-9-1-5-13-37-73-41-17-21-49(45-73)65-53-29-31-55(69-53)66(50-22-18-42-74(46-50)38-14-6-2-10-26-62(79)80)57-33-35-59(71-57)68(52-24-20-44-76(48-52)40-16-8-4-12-28-64(83)84)60-36-34-58(72-60)67(56-32-30-54(65)70-56)51-23-19-43-75(47-51)39-15-7-3-11-27-63(81)82;;;;/h17-24,29-36,41-48H,1-16,25-28,37-40H2,(H2-4,69,70,71,72,77,78,79,80,81,82,83,84);4*1H. The third-order valence-corrected chi connectivity index (χ3v) is 15.6. The molecule has 0 aromatic carbocycles. The largest absolute Gasteiger partial charge is 1.00 e. The van der Waals surface area contributed by atoms with Crippen molar-refractivity contribution < 1.29 is 126 Å². The van der Waals surface area contributed by atoms with Crippen molar-refractivity contribution >= 4 is 70.2 Å². The minimum atomic E-state index is -0.765. The topological polar surface area (TPSA) is 222 Å². The van der Waals surface area contributed by atoms with E-state index in [1.165, 1.54) is 0 Å². The molecule has 88 heavy (non-hydrogen) atoms. The van der Waals surface area contributed by atoms with E-state index in [9.17, 15) is 39.6 Å². The number of carboxylic acid groups (broad SMARTS) is 4. The van der Waals surface area contributed by atoms with Crippen LogP contribution in [0, 0.1) is 0 Å².